The minimum Gasteiger partial charge on any atom is -0.392 e. The number of alkyl halides is 1. The molecule has 72 valence electrons. The summed E-state index contributed by atoms with van der Waals surface area (Å²) >= 11 is 5.44. The minimum atomic E-state index is -0.441. The molecule has 2 nitrogen and oxygen atoms in total. The van der Waals surface area contributed by atoms with Gasteiger partial charge in [0.1, 0.15) is 0 Å². The normalized spacial score (nSPS) is 23.9. The highest BCUT2D eigenvalue weighted by atomic mass is 35.5. The molecule has 0 aromatic rings. The van der Waals surface area contributed by atoms with Gasteiger partial charge in [-0.05, 0) is 27.7 Å². The van der Waals surface area contributed by atoms with E-state index in [4.69, 9.17) is 20.9 Å². The molecule has 0 unspecified atom stereocenters. The molecule has 0 amide bonds. The van der Waals surface area contributed by atoms with Crippen LogP contribution in [0.3, 0.4) is 0 Å². The average Bonchev–Trinajstić information content (AvgIpc) is 2.17. The molecule has 0 atom stereocenters. The van der Waals surface area contributed by atoms with E-state index >= 15 is 0 Å². The van der Waals surface area contributed by atoms with Crippen LogP contribution in [0.4, 0.5) is 0 Å². The van der Waals surface area contributed by atoms with E-state index in [1.807, 2.05) is 27.7 Å². The first-order valence-electron chi connectivity index (χ1n) is 4.29. The second kappa shape index (κ2) is 3.53. The van der Waals surface area contributed by atoms with Gasteiger partial charge in [0.2, 0.25) is 0 Å². The fourth-order valence-electron chi connectivity index (χ4n) is 1.02. The van der Waals surface area contributed by atoms with Crippen LogP contribution in [0.25, 0.3) is 0 Å². The third-order valence-electron chi connectivity index (χ3n) is 2.54. The Morgan fingerprint density at radius 1 is 1.15 bits per heavy atom. The highest BCUT2D eigenvalue weighted by molar-refractivity contribution is 6.55. The van der Waals surface area contributed by atoms with Crippen molar-refractivity contribution in [2.45, 2.75) is 38.9 Å². The molecule has 0 saturated carbocycles. The van der Waals surface area contributed by atoms with Gasteiger partial charge >= 0.3 is 7.12 Å². The summed E-state index contributed by atoms with van der Waals surface area (Å²) < 4.78 is 11.2. The predicted molar refractivity (Wildman–Crippen MR) is 54.6 cm³/mol. The van der Waals surface area contributed by atoms with Gasteiger partial charge in [-0.1, -0.05) is 11.7 Å². The molecular formula is C9H14BClO2. The molecule has 0 N–H and O–H groups in total. The van der Waals surface area contributed by atoms with Crippen LogP contribution in [0, 0.1) is 11.7 Å². The summed E-state index contributed by atoms with van der Waals surface area (Å²) in [5.74, 6) is 5.86. The number of hydrogen-bond acceptors (Lipinski definition) is 2. The summed E-state index contributed by atoms with van der Waals surface area (Å²) in [6, 6.07) is 0. The second-order valence-electron chi connectivity index (χ2n) is 4.04. The molecule has 1 aliphatic heterocycles. The zero-order chi connectivity index (χ0) is 10.1. The second-order valence-corrected chi connectivity index (χ2v) is 4.31. The maximum Gasteiger partial charge on any atom is 0.551 e. The van der Waals surface area contributed by atoms with E-state index in [1.165, 1.54) is 0 Å². The topological polar surface area (TPSA) is 18.5 Å². The van der Waals surface area contributed by atoms with Crippen molar-refractivity contribution in [3.63, 3.8) is 0 Å². The highest BCUT2D eigenvalue weighted by Gasteiger charge is 2.50. The summed E-state index contributed by atoms with van der Waals surface area (Å²) in [7, 11) is -0.441. The molecule has 0 aliphatic carbocycles. The van der Waals surface area contributed by atoms with Crippen LogP contribution in [-0.4, -0.2) is 24.2 Å². The Balaban J connectivity index is 2.71. The van der Waals surface area contributed by atoms with E-state index in [2.05, 4.69) is 11.7 Å². The van der Waals surface area contributed by atoms with Gasteiger partial charge < -0.3 is 9.31 Å². The molecule has 1 saturated heterocycles. The molecule has 1 rings (SSSR count). The summed E-state index contributed by atoms with van der Waals surface area (Å²) in [6.45, 7) is 7.98. The largest absolute Gasteiger partial charge is 0.551 e. The molecular weight excluding hydrogens is 186 g/mol. The Bertz CT molecular complexity index is 236. The fourth-order valence-corrected chi connectivity index (χ4v) is 1.10. The number of halogens is 1. The molecule has 0 radical (unpaired) electrons. The first-order chi connectivity index (χ1) is 5.89. The summed E-state index contributed by atoms with van der Waals surface area (Å²) in [6.07, 6.45) is 0. The Morgan fingerprint density at radius 3 is 2.00 bits per heavy atom. The third-order valence-corrected chi connectivity index (χ3v) is 2.67. The first kappa shape index (κ1) is 10.9. The first-order valence-corrected chi connectivity index (χ1v) is 4.82. The Hall–Kier alpha value is -0.165. The maximum absolute atomic E-state index is 5.61. The van der Waals surface area contributed by atoms with Crippen molar-refractivity contribution < 1.29 is 9.31 Å². The molecule has 1 aliphatic rings. The smallest absolute Gasteiger partial charge is 0.392 e. The maximum atomic E-state index is 5.61. The van der Waals surface area contributed by atoms with Crippen LogP contribution in [-0.2, 0) is 9.31 Å². The van der Waals surface area contributed by atoms with Crippen LogP contribution >= 0.6 is 11.6 Å². The molecule has 4 heteroatoms. The van der Waals surface area contributed by atoms with Gasteiger partial charge in [0.25, 0.3) is 0 Å². The van der Waals surface area contributed by atoms with Gasteiger partial charge in [-0.25, -0.2) is 0 Å². The lowest BCUT2D eigenvalue weighted by atomic mass is 9.90. The zero-order valence-corrected chi connectivity index (χ0v) is 9.23. The number of rotatable bonds is 0. The van der Waals surface area contributed by atoms with Crippen molar-refractivity contribution in [1.29, 1.82) is 0 Å². The lowest BCUT2D eigenvalue weighted by Gasteiger charge is -2.32. The van der Waals surface area contributed by atoms with E-state index < -0.39 is 7.12 Å². The molecule has 0 aromatic heterocycles. The Morgan fingerprint density at radius 2 is 1.62 bits per heavy atom. The SMILES string of the molecule is CC1(C)OB(C#CCCl)OC1(C)C. The summed E-state index contributed by atoms with van der Waals surface area (Å²) in [5.41, 5.74) is -0.614. The van der Waals surface area contributed by atoms with E-state index in [-0.39, 0.29) is 11.2 Å². The molecule has 1 heterocycles. The number of hydrogen-bond donors (Lipinski definition) is 0. The van der Waals surface area contributed by atoms with Crippen LogP contribution < -0.4 is 0 Å². The van der Waals surface area contributed by atoms with Crippen molar-refractivity contribution in [3.05, 3.63) is 0 Å². The van der Waals surface area contributed by atoms with Crippen molar-refractivity contribution in [2.75, 3.05) is 5.88 Å². The highest BCUT2D eigenvalue weighted by Crippen LogP contribution is 2.36. The van der Waals surface area contributed by atoms with Crippen molar-refractivity contribution in [1.82, 2.24) is 0 Å². The van der Waals surface area contributed by atoms with E-state index in [0.717, 1.165) is 0 Å². The van der Waals surface area contributed by atoms with Gasteiger partial charge in [-0.15, -0.1) is 11.6 Å². The van der Waals surface area contributed by atoms with Crippen LogP contribution in [0.5, 0.6) is 0 Å². The van der Waals surface area contributed by atoms with Gasteiger partial charge in [0, 0.05) is 0 Å². The quantitative estimate of drug-likeness (QED) is 0.338. The van der Waals surface area contributed by atoms with Gasteiger partial charge in [0.05, 0.1) is 17.1 Å². The lowest BCUT2D eigenvalue weighted by Crippen LogP contribution is -2.41. The minimum absolute atomic E-state index is 0.307. The summed E-state index contributed by atoms with van der Waals surface area (Å²) in [5, 5.41) is 0. The zero-order valence-electron chi connectivity index (χ0n) is 8.48. The van der Waals surface area contributed by atoms with Crippen molar-refractivity contribution >= 4 is 18.7 Å². The average molecular weight is 200 g/mol. The molecule has 13 heavy (non-hydrogen) atoms. The van der Waals surface area contributed by atoms with Gasteiger partial charge in [-0.2, -0.15) is 0 Å². The molecule has 0 bridgehead atoms. The Labute approximate surface area is 85.1 Å². The van der Waals surface area contributed by atoms with Gasteiger partial charge in [0.15, 0.2) is 0 Å². The lowest BCUT2D eigenvalue weighted by molar-refractivity contribution is 0.00578. The predicted octanol–water partition coefficient (Wildman–Crippen LogP) is 1.86. The van der Waals surface area contributed by atoms with Crippen LogP contribution in [0.15, 0.2) is 0 Å². The standard InChI is InChI=1S/C9H14BClO2/c1-8(2)9(3,4)13-10(12-8)6-5-7-11/h7H2,1-4H3. The van der Waals surface area contributed by atoms with E-state index in [9.17, 15) is 0 Å². The van der Waals surface area contributed by atoms with E-state index in [0.29, 0.717) is 5.88 Å². The molecule has 0 aromatic carbocycles. The molecule has 1 fully saturated rings. The Kier molecular flexibility index (Phi) is 2.96. The van der Waals surface area contributed by atoms with Gasteiger partial charge in [-0.3, -0.25) is 0 Å². The third kappa shape index (κ3) is 2.20. The van der Waals surface area contributed by atoms with Crippen LogP contribution in [0.1, 0.15) is 27.7 Å². The molecule has 0 spiro atoms. The van der Waals surface area contributed by atoms with E-state index in [1.54, 1.807) is 0 Å². The van der Waals surface area contributed by atoms with Crippen molar-refractivity contribution in [3.8, 4) is 11.7 Å². The monoisotopic (exact) mass is 200 g/mol. The fraction of sp³-hybridized carbons (Fsp3) is 0.778. The van der Waals surface area contributed by atoms with Crippen LogP contribution in [0.2, 0.25) is 0 Å². The summed E-state index contributed by atoms with van der Waals surface area (Å²) in [4.78, 5) is 0. The van der Waals surface area contributed by atoms with Crippen molar-refractivity contribution in [2.24, 2.45) is 0 Å².